The summed E-state index contributed by atoms with van der Waals surface area (Å²) in [6.45, 7) is 0. The first kappa shape index (κ1) is 11.3. The Morgan fingerprint density at radius 1 is 1.39 bits per heavy atom. The average Bonchev–Trinajstić information content (AvgIpc) is 2.76. The van der Waals surface area contributed by atoms with Gasteiger partial charge >= 0.3 is 5.63 Å². The Bertz CT molecular complexity index is 794. The number of anilines is 1. The van der Waals surface area contributed by atoms with Gasteiger partial charge in [-0.2, -0.15) is 0 Å². The van der Waals surface area contributed by atoms with Gasteiger partial charge in [0, 0.05) is 10.8 Å². The fraction of sp³-hybridized carbons (Fsp3) is 0. The molecule has 0 saturated heterocycles. The van der Waals surface area contributed by atoms with Gasteiger partial charge in [0.2, 0.25) is 0 Å². The lowest BCUT2D eigenvalue weighted by molar-refractivity contribution is 0.563. The summed E-state index contributed by atoms with van der Waals surface area (Å²) < 4.78 is 5.22. The van der Waals surface area contributed by atoms with Crippen molar-refractivity contribution in [2.24, 2.45) is 0 Å². The van der Waals surface area contributed by atoms with Crippen LogP contribution < -0.4 is 11.4 Å². The predicted molar refractivity (Wildman–Crippen MR) is 73.0 cm³/mol. The standard InChI is InChI=1S/C12H7ClN2O2S/c13-8-3-1-2-6-4-7(11(16)17-10(6)8)9-5-18-12(14)15-9/h1-5H,(H2,14,15). The first-order valence-corrected chi connectivity index (χ1v) is 6.34. The molecule has 0 spiro atoms. The van der Waals surface area contributed by atoms with Gasteiger partial charge in [-0.15, -0.1) is 11.3 Å². The van der Waals surface area contributed by atoms with E-state index in [4.69, 9.17) is 21.8 Å². The Morgan fingerprint density at radius 3 is 2.94 bits per heavy atom. The van der Waals surface area contributed by atoms with Gasteiger partial charge in [0.15, 0.2) is 10.7 Å². The van der Waals surface area contributed by atoms with E-state index in [1.165, 1.54) is 11.3 Å². The van der Waals surface area contributed by atoms with Crippen molar-refractivity contribution in [3.8, 4) is 11.3 Å². The number of fused-ring (bicyclic) bond motifs is 1. The molecule has 0 aliphatic heterocycles. The molecule has 0 saturated carbocycles. The van der Waals surface area contributed by atoms with Crippen LogP contribution in [0, 0.1) is 0 Å². The highest BCUT2D eigenvalue weighted by molar-refractivity contribution is 7.13. The van der Waals surface area contributed by atoms with E-state index in [0.717, 1.165) is 5.39 Å². The molecule has 0 unspecified atom stereocenters. The zero-order chi connectivity index (χ0) is 12.7. The van der Waals surface area contributed by atoms with Crippen LogP contribution in [0.3, 0.4) is 0 Å². The molecule has 2 N–H and O–H groups in total. The Morgan fingerprint density at radius 2 is 2.22 bits per heavy atom. The number of hydrogen-bond acceptors (Lipinski definition) is 5. The number of halogens is 1. The monoisotopic (exact) mass is 278 g/mol. The fourth-order valence-electron chi connectivity index (χ4n) is 1.70. The minimum absolute atomic E-state index is 0.385. The first-order valence-electron chi connectivity index (χ1n) is 5.09. The van der Waals surface area contributed by atoms with Crippen molar-refractivity contribution in [2.75, 3.05) is 5.73 Å². The second kappa shape index (κ2) is 4.12. The van der Waals surface area contributed by atoms with E-state index >= 15 is 0 Å². The van der Waals surface area contributed by atoms with Crippen LogP contribution in [0.2, 0.25) is 5.02 Å². The van der Waals surface area contributed by atoms with Gasteiger partial charge in [0.25, 0.3) is 0 Å². The van der Waals surface area contributed by atoms with E-state index in [9.17, 15) is 4.79 Å². The lowest BCUT2D eigenvalue weighted by Crippen LogP contribution is -2.03. The van der Waals surface area contributed by atoms with Gasteiger partial charge in [-0.3, -0.25) is 0 Å². The highest BCUT2D eigenvalue weighted by Gasteiger charge is 2.11. The topological polar surface area (TPSA) is 69.1 Å². The summed E-state index contributed by atoms with van der Waals surface area (Å²) in [6.07, 6.45) is 0. The van der Waals surface area contributed by atoms with Crippen molar-refractivity contribution in [3.05, 3.63) is 45.1 Å². The third-order valence-corrected chi connectivity index (χ3v) is 3.48. The lowest BCUT2D eigenvalue weighted by atomic mass is 10.1. The van der Waals surface area contributed by atoms with Gasteiger partial charge in [0.05, 0.1) is 16.3 Å². The first-order chi connectivity index (χ1) is 8.65. The largest absolute Gasteiger partial charge is 0.421 e. The van der Waals surface area contributed by atoms with Crippen molar-refractivity contribution >= 4 is 39.0 Å². The highest BCUT2D eigenvalue weighted by atomic mass is 35.5. The van der Waals surface area contributed by atoms with E-state index in [1.54, 1.807) is 23.6 Å². The van der Waals surface area contributed by atoms with Crippen molar-refractivity contribution in [3.63, 3.8) is 0 Å². The molecule has 0 bridgehead atoms. The molecule has 4 nitrogen and oxygen atoms in total. The van der Waals surface area contributed by atoms with Crippen LogP contribution in [0.5, 0.6) is 0 Å². The molecular formula is C12H7ClN2O2S. The van der Waals surface area contributed by atoms with Crippen LogP contribution in [0.4, 0.5) is 5.13 Å². The molecule has 2 aromatic heterocycles. The molecule has 18 heavy (non-hydrogen) atoms. The highest BCUT2D eigenvalue weighted by Crippen LogP contribution is 2.26. The van der Waals surface area contributed by atoms with Gasteiger partial charge < -0.3 is 10.2 Å². The van der Waals surface area contributed by atoms with Crippen LogP contribution in [-0.2, 0) is 0 Å². The number of aromatic nitrogens is 1. The number of benzene rings is 1. The van der Waals surface area contributed by atoms with Crippen molar-refractivity contribution in [2.45, 2.75) is 0 Å². The second-order valence-electron chi connectivity index (χ2n) is 3.68. The molecule has 3 aromatic rings. The number of hydrogen-bond donors (Lipinski definition) is 1. The summed E-state index contributed by atoms with van der Waals surface area (Å²) in [5.74, 6) is 0. The van der Waals surface area contributed by atoms with Crippen molar-refractivity contribution < 1.29 is 4.42 Å². The molecule has 0 aliphatic rings. The molecule has 2 heterocycles. The summed E-state index contributed by atoms with van der Waals surface area (Å²) in [7, 11) is 0. The van der Waals surface area contributed by atoms with E-state index in [-0.39, 0.29) is 0 Å². The number of nitrogen functional groups attached to an aromatic ring is 1. The van der Waals surface area contributed by atoms with Gasteiger partial charge in [-0.05, 0) is 12.1 Å². The number of para-hydroxylation sites is 1. The predicted octanol–water partition coefficient (Wildman–Crippen LogP) is 3.15. The summed E-state index contributed by atoms with van der Waals surface area (Å²) in [4.78, 5) is 16.0. The van der Waals surface area contributed by atoms with Crippen LogP contribution in [0.1, 0.15) is 0 Å². The average molecular weight is 279 g/mol. The molecule has 0 aliphatic carbocycles. The van der Waals surface area contributed by atoms with E-state index in [1.807, 2.05) is 6.07 Å². The molecule has 3 rings (SSSR count). The van der Waals surface area contributed by atoms with E-state index in [0.29, 0.717) is 27.0 Å². The number of rotatable bonds is 1. The smallest absolute Gasteiger partial charge is 0.345 e. The maximum Gasteiger partial charge on any atom is 0.345 e. The third-order valence-electron chi connectivity index (χ3n) is 2.51. The van der Waals surface area contributed by atoms with E-state index < -0.39 is 5.63 Å². The van der Waals surface area contributed by atoms with Crippen LogP contribution in [0.15, 0.2) is 38.9 Å². The van der Waals surface area contributed by atoms with Crippen molar-refractivity contribution in [1.29, 1.82) is 0 Å². The number of nitrogens with zero attached hydrogens (tertiary/aromatic N) is 1. The fourth-order valence-corrected chi connectivity index (χ4v) is 2.48. The second-order valence-corrected chi connectivity index (χ2v) is 4.97. The minimum atomic E-state index is -0.471. The number of thiazole rings is 1. The Labute approximate surface area is 111 Å². The molecule has 0 radical (unpaired) electrons. The van der Waals surface area contributed by atoms with E-state index in [2.05, 4.69) is 4.98 Å². The molecule has 0 amide bonds. The molecule has 6 heteroatoms. The normalized spacial score (nSPS) is 10.9. The Kier molecular flexibility index (Phi) is 2.57. The zero-order valence-corrected chi connectivity index (χ0v) is 10.6. The summed E-state index contributed by atoms with van der Waals surface area (Å²) in [5.41, 5.74) is 6.38. The Hall–Kier alpha value is -1.85. The molecule has 0 atom stereocenters. The van der Waals surface area contributed by atoms with Crippen molar-refractivity contribution in [1.82, 2.24) is 4.98 Å². The molecule has 1 aromatic carbocycles. The summed E-state index contributed by atoms with van der Waals surface area (Å²) in [6, 6.07) is 7.00. The summed E-state index contributed by atoms with van der Waals surface area (Å²) in [5, 5.41) is 3.30. The SMILES string of the molecule is Nc1nc(-c2cc3cccc(Cl)c3oc2=O)cs1. The van der Waals surface area contributed by atoms with Crippen LogP contribution in [0.25, 0.3) is 22.2 Å². The molecule has 90 valence electrons. The quantitative estimate of drug-likeness (QED) is 0.694. The number of nitrogens with two attached hydrogens (primary N) is 1. The maximum absolute atomic E-state index is 11.9. The van der Waals surface area contributed by atoms with Gasteiger partial charge in [-0.1, -0.05) is 23.7 Å². The molecular weight excluding hydrogens is 272 g/mol. The zero-order valence-electron chi connectivity index (χ0n) is 9.01. The van der Waals surface area contributed by atoms with Crippen LogP contribution in [-0.4, -0.2) is 4.98 Å². The van der Waals surface area contributed by atoms with Gasteiger partial charge in [-0.25, -0.2) is 9.78 Å². The minimum Gasteiger partial charge on any atom is -0.421 e. The Balaban J connectivity index is 2.32. The maximum atomic E-state index is 11.9. The third kappa shape index (κ3) is 1.77. The summed E-state index contributed by atoms with van der Waals surface area (Å²) >= 11 is 7.24. The van der Waals surface area contributed by atoms with Crippen LogP contribution >= 0.6 is 22.9 Å². The lowest BCUT2D eigenvalue weighted by Gasteiger charge is -2.00. The van der Waals surface area contributed by atoms with Gasteiger partial charge in [0.1, 0.15) is 0 Å². The molecule has 0 fully saturated rings.